The van der Waals surface area contributed by atoms with Gasteiger partial charge in [-0.25, -0.2) is 0 Å². The lowest BCUT2D eigenvalue weighted by molar-refractivity contribution is -0.140. The fourth-order valence-corrected chi connectivity index (χ4v) is 3.94. The topological polar surface area (TPSA) is 55.8 Å². The summed E-state index contributed by atoms with van der Waals surface area (Å²) in [6, 6.07) is 20.8. The van der Waals surface area contributed by atoms with Gasteiger partial charge in [-0.05, 0) is 48.7 Å². The first kappa shape index (κ1) is 20.0. The number of likely N-dealkylation sites (tertiary alicyclic amines) is 1. The van der Waals surface area contributed by atoms with E-state index in [-0.39, 0.29) is 17.8 Å². The third kappa shape index (κ3) is 4.15. The molecule has 1 atom stereocenters. The van der Waals surface area contributed by atoms with Crippen LogP contribution in [-0.4, -0.2) is 36.5 Å². The lowest BCUT2D eigenvalue weighted by Gasteiger charge is -2.32. The van der Waals surface area contributed by atoms with Crippen LogP contribution in [0, 0.1) is 5.92 Å². The summed E-state index contributed by atoms with van der Waals surface area (Å²) in [5.74, 6) is 0.249. The molecule has 1 aliphatic rings. The van der Waals surface area contributed by atoms with E-state index < -0.39 is 0 Å². The number of carbonyl (C=O) groups is 2. The predicted molar refractivity (Wildman–Crippen MR) is 116 cm³/mol. The van der Waals surface area contributed by atoms with Crippen LogP contribution in [0.2, 0.25) is 0 Å². The Bertz CT molecular complexity index is 1060. The van der Waals surface area contributed by atoms with Gasteiger partial charge in [-0.2, -0.15) is 0 Å². The second-order valence-corrected chi connectivity index (χ2v) is 7.42. The maximum Gasteiger partial charge on any atom is 0.316 e. The number of nitrogens with zero attached hydrogens (tertiary/aromatic N) is 1. The van der Waals surface area contributed by atoms with Crippen LogP contribution in [0.25, 0.3) is 10.8 Å². The first-order chi connectivity index (χ1) is 14.7. The molecular formula is C25H25NO4. The summed E-state index contributed by atoms with van der Waals surface area (Å²) in [5.41, 5.74) is 0.670. The first-order valence-corrected chi connectivity index (χ1v) is 10.4. The molecule has 0 aliphatic carbocycles. The van der Waals surface area contributed by atoms with Crippen molar-refractivity contribution in [3.63, 3.8) is 0 Å². The summed E-state index contributed by atoms with van der Waals surface area (Å²) in [6.07, 6.45) is 1.47. The highest BCUT2D eigenvalue weighted by atomic mass is 16.6. The third-order valence-corrected chi connectivity index (χ3v) is 5.42. The van der Waals surface area contributed by atoms with Crippen molar-refractivity contribution in [3.8, 4) is 11.5 Å². The molecule has 3 aromatic carbocycles. The van der Waals surface area contributed by atoms with Gasteiger partial charge >= 0.3 is 5.97 Å². The number of amides is 1. The van der Waals surface area contributed by atoms with Crippen LogP contribution >= 0.6 is 0 Å². The van der Waals surface area contributed by atoms with E-state index >= 15 is 0 Å². The fraction of sp³-hybridized carbons (Fsp3) is 0.280. The Balaban J connectivity index is 1.49. The number of hydrogen-bond donors (Lipinski definition) is 0. The minimum absolute atomic E-state index is 0.0426. The molecular weight excluding hydrogens is 378 g/mol. The Morgan fingerprint density at radius 2 is 1.70 bits per heavy atom. The van der Waals surface area contributed by atoms with Crippen LogP contribution in [-0.2, 0) is 4.79 Å². The van der Waals surface area contributed by atoms with E-state index in [4.69, 9.17) is 9.47 Å². The van der Waals surface area contributed by atoms with E-state index in [0.29, 0.717) is 43.2 Å². The molecule has 0 spiro atoms. The van der Waals surface area contributed by atoms with E-state index in [1.807, 2.05) is 61.5 Å². The summed E-state index contributed by atoms with van der Waals surface area (Å²) in [5, 5.41) is 1.96. The summed E-state index contributed by atoms with van der Waals surface area (Å²) in [4.78, 5) is 27.8. The van der Waals surface area contributed by atoms with E-state index in [2.05, 4.69) is 0 Å². The van der Waals surface area contributed by atoms with Crippen molar-refractivity contribution < 1.29 is 19.1 Å². The van der Waals surface area contributed by atoms with Crippen LogP contribution in [0.1, 0.15) is 30.1 Å². The van der Waals surface area contributed by atoms with E-state index in [0.717, 1.165) is 17.2 Å². The Labute approximate surface area is 176 Å². The fourth-order valence-electron chi connectivity index (χ4n) is 3.94. The molecule has 1 aliphatic heterocycles. The van der Waals surface area contributed by atoms with Crippen molar-refractivity contribution in [3.05, 3.63) is 72.3 Å². The summed E-state index contributed by atoms with van der Waals surface area (Å²) >= 11 is 0. The first-order valence-electron chi connectivity index (χ1n) is 10.4. The maximum atomic E-state index is 13.2. The second kappa shape index (κ2) is 8.99. The standard InChI is InChI=1S/C25H25NO4/c1-2-29-22-14-5-6-15-23(22)30-25(28)19-11-8-16-26(17-19)24(27)21-13-7-10-18-9-3-4-12-20(18)21/h3-7,9-10,12-15,19H,2,8,11,16-17H2,1H3. The molecule has 1 saturated heterocycles. The van der Waals surface area contributed by atoms with Gasteiger partial charge in [-0.15, -0.1) is 0 Å². The van der Waals surface area contributed by atoms with Crippen molar-refractivity contribution in [2.75, 3.05) is 19.7 Å². The maximum absolute atomic E-state index is 13.2. The van der Waals surface area contributed by atoms with Crippen LogP contribution in [0.15, 0.2) is 66.7 Å². The van der Waals surface area contributed by atoms with Gasteiger partial charge in [-0.3, -0.25) is 9.59 Å². The molecule has 5 heteroatoms. The Hall–Kier alpha value is -3.34. The lowest BCUT2D eigenvalue weighted by atomic mass is 9.96. The monoisotopic (exact) mass is 403 g/mol. The van der Waals surface area contributed by atoms with Crippen molar-refractivity contribution >= 4 is 22.6 Å². The average Bonchev–Trinajstić information content (AvgIpc) is 2.80. The number of hydrogen-bond acceptors (Lipinski definition) is 4. The van der Waals surface area contributed by atoms with Gasteiger partial charge in [0, 0.05) is 18.7 Å². The molecule has 0 saturated carbocycles. The molecule has 5 nitrogen and oxygen atoms in total. The number of benzene rings is 3. The quantitative estimate of drug-likeness (QED) is 0.458. The zero-order valence-corrected chi connectivity index (χ0v) is 17.0. The zero-order valence-electron chi connectivity index (χ0n) is 17.0. The molecule has 1 unspecified atom stereocenters. The highest BCUT2D eigenvalue weighted by molar-refractivity contribution is 6.07. The van der Waals surface area contributed by atoms with Crippen LogP contribution in [0.5, 0.6) is 11.5 Å². The highest BCUT2D eigenvalue weighted by Crippen LogP contribution is 2.29. The molecule has 1 amide bonds. The van der Waals surface area contributed by atoms with Crippen LogP contribution in [0.4, 0.5) is 0 Å². The minimum Gasteiger partial charge on any atom is -0.490 e. The van der Waals surface area contributed by atoms with E-state index in [9.17, 15) is 9.59 Å². The van der Waals surface area contributed by atoms with Crippen molar-refractivity contribution in [2.45, 2.75) is 19.8 Å². The molecule has 4 rings (SSSR count). The van der Waals surface area contributed by atoms with Gasteiger partial charge < -0.3 is 14.4 Å². The average molecular weight is 403 g/mol. The second-order valence-electron chi connectivity index (χ2n) is 7.42. The Morgan fingerprint density at radius 3 is 2.53 bits per heavy atom. The molecule has 1 fully saturated rings. The molecule has 0 bridgehead atoms. The SMILES string of the molecule is CCOc1ccccc1OC(=O)C1CCCN(C(=O)c2cccc3ccccc23)C1. The minimum atomic E-state index is -0.354. The summed E-state index contributed by atoms with van der Waals surface area (Å²) in [7, 11) is 0. The molecule has 3 aromatic rings. The van der Waals surface area contributed by atoms with E-state index in [1.54, 1.807) is 17.0 Å². The van der Waals surface area contributed by atoms with Gasteiger partial charge in [0.25, 0.3) is 5.91 Å². The van der Waals surface area contributed by atoms with Gasteiger partial charge in [0.15, 0.2) is 11.5 Å². The number of fused-ring (bicyclic) bond motifs is 1. The Kier molecular flexibility index (Phi) is 5.98. The number of esters is 1. The highest BCUT2D eigenvalue weighted by Gasteiger charge is 2.31. The molecule has 0 radical (unpaired) electrons. The van der Waals surface area contributed by atoms with Gasteiger partial charge in [0.2, 0.25) is 0 Å². The van der Waals surface area contributed by atoms with Crippen LogP contribution < -0.4 is 9.47 Å². The number of ether oxygens (including phenoxy) is 2. The number of carbonyl (C=O) groups excluding carboxylic acids is 2. The normalized spacial score (nSPS) is 16.3. The zero-order chi connectivity index (χ0) is 20.9. The number of piperidine rings is 1. The van der Waals surface area contributed by atoms with Crippen molar-refractivity contribution in [1.82, 2.24) is 4.90 Å². The van der Waals surface area contributed by atoms with Crippen molar-refractivity contribution in [1.29, 1.82) is 0 Å². The largest absolute Gasteiger partial charge is 0.490 e. The summed E-state index contributed by atoms with van der Waals surface area (Å²) < 4.78 is 11.2. The molecule has 0 aromatic heterocycles. The number of rotatable bonds is 5. The Morgan fingerprint density at radius 1 is 0.967 bits per heavy atom. The third-order valence-electron chi connectivity index (χ3n) is 5.42. The summed E-state index contributed by atoms with van der Waals surface area (Å²) in [6.45, 7) is 3.38. The van der Waals surface area contributed by atoms with E-state index in [1.165, 1.54) is 0 Å². The molecule has 0 N–H and O–H groups in total. The lowest BCUT2D eigenvalue weighted by Crippen LogP contribution is -2.43. The number of para-hydroxylation sites is 2. The predicted octanol–water partition coefficient (Wildman–Crippen LogP) is 4.70. The van der Waals surface area contributed by atoms with Gasteiger partial charge in [-0.1, -0.05) is 48.5 Å². The van der Waals surface area contributed by atoms with Crippen molar-refractivity contribution in [2.24, 2.45) is 5.92 Å². The van der Waals surface area contributed by atoms with Gasteiger partial charge in [0.05, 0.1) is 12.5 Å². The smallest absolute Gasteiger partial charge is 0.316 e. The molecule has 154 valence electrons. The van der Waals surface area contributed by atoms with Gasteiger partial charge in [0.1, 0.15) is 0 Å². The van der Waals surface area contributed by atoms with Crippen LogP contribution in [0.3, 0.4) is 0 Å². The molecule has 1 heterocycles. The molecule has 30 heavy (non-hydrogen) atoms.